The Balaban J connectivity index is 0.00000338. The number of benzene rings is 1. The fourth-order valence-corrected chi connectivity index (χ4v) is 2.99. The summed E-state index contributed by atoms with van der Waals surface area (Å²) in [5.41, 5.74) is 6.10. The number of nitrogens with one attached hydrogen (secondary N) is 3. The highest BCUT2D eigenvalue weighted by atomic mass is 35.5. The number of nitrogen functional groups attached to an aromatic ring is 1. The molecule has 0 aliphatic heterocycles. The summed E-state index contributed by atoms with van der Waals surface area (Å²) in [6.07, 6.45) is 1.83. The van der Waals surface area contributed by atoms with E-state index < -0.39 is 10.0 Å². The van der Waals surface area contributed by atoms with Crippen molar-refractivity contribution in [3.8, 4) is 0 Å². The quantitative estimate of drug-likeness (QED) is 0.477. The molecule has 26 heavy (non-hydrogen) atoms. The molecule has 0 aliphatic carbocycles. The van der Waals surface area contributed by atoms with E-state index in [4.69, 9.17) is 5.73 Å². The van der Waals surface area contributed by atoms with E-state index in [9.17, 15) is 8.42 Å². The molecule has 8 nitrogen and oxygen atoms in total. The van der Waals surface area contributed by atoms with Crippen LogP contribution in [0.15, 0.2) is 35.2 Å². The van der Waals surface area contributed by atoms with Crippen molar-refractivity contribution in [3.05, 3.63) is 30.3 Å². The van der Waals surface area contributed by atoms with E-state index in [-0.39, 0.29) is 23.1 Å². The maximum Gasteiger partial charge on any atom is 0.263 e. The molecule has 0 amide bonds. The number of aromatic nitrogens is 2. The largest absolute Gasteiger partial charge is 0.399 e. The first-order valence-electron chi connectivity index (χ1n) is 8.19. The molecule has 0 unspecified atom stereocenters. The van der Waals surface area contributed by atoms with Crippen LogP contribution in [0.2, 0.25) is 0 Å². The third kappa shape index (κ3) is 6.23. The topological polar surface area (TPSA) is 122 Å². The standard InChI is InChI=1S/C16H24N6O2S.ClH/c1-3-9-18-14-11-15(21-16(20-14)19-10-4-2)22-25(23,24)13-7-5-12(17)6-8-13;/h5-8,11H,3-4,9-10,17H2,1-2H3,(H3,18,19,20,21,22);1H. The molecule has 0 bridgehead atoms. The minimum atomic E-state index is -3.76. The molecule has 0 saturated heterocycles. The van der Waals surface area contributed by atoms with Gasteiger partial charge in [-0.15, -0.1) is 12.4 Å². The Labute approximate surface area is 160 Å². The summed E-state index contributed by atoms with van der Waals surface area (Å²) in [6.45, 7) is 5.49. The fourth-order valence-electron chi connectivity index (χ4n) is 2.00. The molecular weight excluding hydrogens is 376 g/mol. The molecule has 0 atom stereocenters. The van der Waals surface area contributed by atoms with E-state index in [0.29, 0.717) is 24.0 Å². The molecule has 144 valence electrons. The van der Waals surface area contributed by atoms with Gasteiger partial charge in [0.2, 0.25) is 5.95 Å². The zero-order valence-electron chi connectivity index (χ0n) is 14.8. The Hall–Kier alpha value is -2.26. The van der Waals surface area contributed by atoms with Crippen LogP contribution >= 0.6 is 12.4 Å². The molecule has 2 aromatic rings. The normalized spacial score (nSPS) is 10.7. The summed E-state index contributed by atoms with van der Waals surface area (Å²) in [5, 5.41) is 6.21. The number of sulfonamides is 1. The van der Waals surface area contributed by atoms with E-state index in [1.807, 2.05) is 13.8 Å². The minimum Gasteiger partial charge on any atom is -0.399 e. The van der Waals surface area contributed by atoms with Gasteiger partial charge in [0.1, 0.15) is 11.6 Å². The molecule has 0 aliphatic rings. The Kier molecular flexibility index (Phi) is 8.40. The van der Waals surface area contributed by atoms with Gasteiger partial charge in [0, 0.05) is 24.8 Å². The second kappa shape index (κ2) is 10.0. The Morgan fingerprint density at radius 1 is 0.962 bits per heavy atom. The molecule has 2 rings (SSSR count). The predicted molar refractivity (Wildman–Crippen MR) is 109 cm³/mol. The van der Waals surface area contributed by atoms with Crippen LogP contribution in [0.3, 0.4) is 0 Å². The van der Waals surface area contributed by atoms with Gasteiger partial charge in [-0.2, -0.15) is 9.97 Å². The van der Waals surface area contributed by atoms with Crippen molar-refractivity contribution in [2.45, 2.75) is 31.6 Å². The number of hydrogen-bond donors (Lipinski definition) is 4. The van der Waals surface area contributed by atoms with Gasteiger partial charge >= 0.3 is 0 Å². The van der Waals surface area contributed by atoms with Gasteiger partial charge in [0.25, 0.3) is 10.0 Å². The minimum absolute atomic E-state index is 0. The first-order valence-corrected chi connectivity index (χ1v) is 9.68. The van der Waals surface area contributed by atoms with Crippen molar-refractivity contribution in [2.24, 2.45) is 0 Å². The summed E-state index contributed by atoms with van der Waals surface area (Å²) < 4.78 is 27.5. The summed E-state index contributed by atoms with van der Waals surface area (Å²) >= 11 is 0. The second-order valence-electron chi connectivity index (χ2n) is 5.49. The van der Waals surface area contributed by atoms with Gasteiger partial charge in [-0.1, -0.05) is 13.8 Å². The Bertz CT molecular complexity index is 773. The van der Waals surface area contributed by atoms with Crippen LogP contribution in [0.5, 0.6) is 0 Å². The van der Waals surface area contributed by atoms with E-state index in [1.165, 1.54) is 24.3 Å². The van der Waals surface area contributed by atoms with Gasteiger partial charge in [0.15, 0.2) is 0 Å². The smallest absolute Gasteiger partial charge is 0.263 e. The van der Waals surface area contributed by atoms with Gasteiger partial charge in [0.05, 0.1) is 4.90 Å². The number of halogens is 1. The second-order valence-corrected chi connectivity index (χ2v) is 7.17. The van der Waals surface area contributed by atoms with Crippen molar-refractivity contribution in [3.63, 3.8) is 0 Å². The van der Waals surface area contributed by atoms with Crippen LogP contribution in [0.1, 0.15) is 26.7 Å². The lowest BCUT2D eigenvalue weighted by Crippen LogP contribution is -2.16. The van der Waals surface area contributed by atoms with Gasteiger partial charge in [-0.3, -0.25) is 4.72 Å². The SMILES string of the molecule is CCCNc1cc(NS(=O)(=O)c2ccc(N)cc2)nc(NCCC)n1.Cl. The number of nitrogens with two attached hydrogens (primary N) is 1. The molecule has 0 saturated carbocycles. The summed E-state index contributed by atoms with van der Waals surface area (Å²) in [6, 6.07) is 7.55. The first-order chi connectivity index (χ1) is 11.9. The van der Waals surface area contributed by atoms with Crippen molar-refractivity contribution < 1.29 is 8.42 Å². The molecular formula is C16H25ClN6O2S. The highest BCUT2D eigenvalue weighted by Crippen LogP contribution is 2.19. The lowest BCUT2D eigenvalue weighted by atomic mass is 10.3. The fraction of sp³-hybridized carbons (Fsp3) is 0.375. The lowest BCUT2D eigenvalue weighted by Gasteiger charge is -2.12. The third-order valence-corrected chi connectivity index (χ3v) is 4.62. The zero-order chi connectivity index (χ0) is 18.3. The van der Waals surface area contributed by atoms with Crippen LogP contribution < -0.4 is 21.1 Å². The molecule has 10 heteroatoms. The molecule has 5 N–H and O–H groups in total. The van der Waals surface area contributed by atoms with Crippen molar-refractivity contribution in [1.29, 1.82) is 0 Å². The first kappa shape index (κ1) is 21.8. The highest BCUT2D eigenvalue weighted by molar-refractivity contribution is 7.92. The maximum atomic E-state index is 12.5. The molecule has 0 radical (unpaired) electrons. The molecule has 0 spiro atoms. The maximum absolute atomic E-state index is 12.5. The number of anilines is 4. The molecule has 0 fully saturated rings. The van der Waals surface area contributed by atoms with Gasteiger partial charge in [-0.25, -0.2) is 8.42 Å². The Morgan fingerprint density at radius 2 is 1.54 bits per heavy atom. The van der Waals surface area contributed by atoms with E-state index in [0.717, 1.165) is 19.4 Å². The average Bonchev–Trinajstić information content (AvgIpc) is 2.58. The van der Waals surface area contributed by atoms with Crippen molar-refractivity contribution >= 4 is 45.7 Å². The predicted octanol–water partition coefficient (Wildman–Crippen LogP) is 2.93. The van der Waals surface area contributed by atoms with Crippen LogP contribution in [-0.2, 0) is 10.0 Å². The van der Waals surface area contributed by atoms with Crippen LogP contribution in [0, 0.1) is 0 Å². The number of hydrogen-bond acceptors (Lipinski definition) is 7. The van der Waals surface area contributed by atoms with Crippen molar-refractivity contribution in [2.75, 3.05) is 34.2 Å². The summed E-state index contributed by atoms with van der Waals surface area (Å²) in [7, 11) is -3.76. The van der Waals surface area contributed by atoms with Gasteiger partial charge in [-0.05, 0) is 37.1 Å². The monoisotopic (exact) mass is 400 g/mol. The average molecular weight is 401 g/mol. The third-order valence-electron chi connectivity index (χ3n) is 3.24. The van der Waals surface area contributed by atoms with Crippen LogP contribution in [0.4, 0.5) is 23.3 Å². The van der Waals surface area contributed by atoms with E-state index >= 15 is 0 Å². The lowest BCUT2D eigenvalue weighted by molar-refractivity contribution is 0.601. The number of rotatable bonds is 9. The zero-order valence-corrected chi connectivity index (χ0v) is 16.5. The summed E-state index contributed by atoms with van der Waals surface area (Å²) in [5.74, 6) is 1.13. The molecule has 1 aromatic heterocycles. The number of nitrogens with zero attached hydrogens (tertiary/aromatic N) is 2. The summed E-state index contributed by atoms with van der Waals surface area (Å²) in [4.78, 5) is 8.69. The van der Waals surface area contributed by atoms with E-state index in [1.54, 1.807) is 6.07 Å². The van der Waals surface area contributed by atoms with Crippen molar-refractivity contribution in [1.82, 2.24) is 9.97 Å². The van der Waals surface area contributed by atoms with Crippen LogP contribution in [-0.4, -0.2) is 31.5 Å². The van der Waals surface area contributed by atoms with Gasteiger partial charge < -0.3 is 16.4 Å². The van der Waals surface area contributed by atoms with E-state index in [2.05, 4.69) is 25.3 Å². The van der Waals surface area contributed by atoms with Crippen LogP contribution in [0.25, 0.3) is 0 Å². The Morgan fingerprint density at radius 3 is 2.15 bits per heavy atom. The highest BCUT2D eigenvalue weighted by Gasteiger charge is 2.16. The molecule has 1 aromatic carbocycles. The molecule has 1 heterocycles.